The van der Waals surface area contributed by atoms with Gasteiger partial charge in [0.15, 0.2) is 5.78 Å². The first-order valence-corrected chi connectivity index (χ1v) is 8.47. The molecular formula is C21H20N2O5. The molecule has 0 saturated carbocycles. The molecule has 0 atom stereocenters. The fourth-order valence-electron chi connectivity index (χ4n) is 2.34. The van der Waals surface area contributed by atoms with Crippen molar-refractivity contribution in [3.05, 3.63) is 71.3 Å². The van der Waals surface area contributed by atoms with E-state index < -0.39 is 17.8 Å². The Balaban J connectivity index is 1.95. The number of anilines is 2. The number of carbonyl (C=O) groups is 4. The molecule has 0 bridgehead atoms. The van der Waals surface area contributed by atoms with Crippen LogP contribution in [-0.2, 0) is 20.8 Å². The minimum Gasteiger partial charge on any atom is -0.481 e. The van der Waals surface area contributed by atoms with E-state index in [1.807, 2.05) is 0 Å². The number of rotatable bonds is 7. The quantitative estimate of drug-likeness (QED) is 0.505. The van der Waals surface area contributed by atoms with Gasteiger partial charge in [-0.05, 0) is 55.8 Å². The topological polar surface area (TPSA) is 113 Å². The number of ketones is 1. The van der Waals surface area contributed by atoms with Crippen LogP contribution in [0.15, 0.2) is 60.2 Å². The van der Waals surface area contributed by atoms with Crippen molar-refractivity contribution in [2.24, 2.45) is 0 Å². The molecule has 3 N–H and O–H groups in total. The normalized spacial score (nSPS) is 10.9. The molecular weight excluding hydrogens is 360 g/mol. The lowest BCUT2D eigenvalue weighted by Crippen LogP contribution is -2.16. The van der Waals surface area contributed by atoms with E-state index in [1.165, 1.54) is 19.9 Å². The average molecular weight is 380 g/mol. The van der Waals surface area contributed by atoms with E-state index in [0.29, 0.717) is 22.5 Å². The Morgan fingerprint density at radius 2 is 1.39 bits per heavy atom. The van der Waals surface area contributed by atoms with Crippen molar-refractivity contribution in [1.82, 2.24) is 0 Å². The van der Waals surface area contributed by atoms with Gasteiger partial charge >= 0.3 is 5.97 Å². The number of hydrogen-bond donors (Lipinski definition) is 3. The van der Waals surface area contributed by atoms with Crippen LogP contribution in [0.25, 0.3) is 0 Å². The molecule has 144 valence electrons. The molecule has 0 aliphatic heterocycles. The molecule has 0 spiro atoms. The first kappa shape index (κ1) is 20.6. The molecule has 0 radical (unpaired) electrons. The minimum atomic E-state index is -0.933. The summed E-state index contributed by atoms with van der Waals surface area (Å²) in [5.74, 6) is -1.92. The maximum atomic E-state index is 12.2. The maximum Gasteiger partial charge on any atom is 0.307 e. The summed E-state index contributed by atoms with van der Waals surface area (Å²) in [4.78, 5) is 46.2. The lowest BCUT2D eigenvalue weighted by Gasteiger charge is -2.07. The van der Waals surface area contributed by atoms with Gasteiger partial charge in [-0.15, -0.1) is 0 Å². The number of carboxylic acids is 1. The highest BCUT2D eigenvalue weighted by Crippen LogP contribution is 2.13. The number of nitrogens with one attached hydrogen (secondary N) is 2. The van der Waals surface area contributed by atoms with Crippen LogP contribution in [0.1, 0.15) is 29.8 Å². The van der Waals surface area contributed by atoms with Crippen molar-refractivity contribution in [3.63, 3.8) is 0 Å². The third kappa shape index (κ3) is 6.21. The Morgan fingerprint density at radius 1 is 0.857 bits per heavy atom. The van der Waals surface area contributed by atoms with Crippen molar-refractivity contribution in [1.29, 1.82) is 0 Å². The first-order valence-electron chi connectivity index (χ1n) is 8.47. The second kappa shape index (κ2) is 9.27. The van der Waals surface area contributed by atoms with Gasteiger partial charge in [-0.3, -0.25) is 19.2 Å². The molecule has 0 aromatic heterocycles. The Kier molecular flexibility index (Phi) is 6.81. The Bertz CT molecular complexity index is 928. The molecule has 2 aromatic rings. The van der Waals surface area contributed by atoms with Gasteiger partial charge in [-0.2, -0.15) is 0 Å². The van der Waals surface area contributed by atoms with Gasteiger partial charge in [-0.1, -0.05) is 12.1 Å². The fourth-order valence-corrected chi connectivity index (χ4v) is 2.34. The van der Waals surface area contributed by atoms with E-state index in [1.54, 1.807) is 48.5 Å². The van der Waals surface area contributed by atoms with E-state index >= 15 is 0 Å². The van der Waals surface area contributed by atoms with Crippen molar-refractivity contribution < 1.29 is 24.3 Å². The standard InChI is InChI=1S/C21H20N2O5/c1-13(21(28)23-18-9-5-16(6-10-18)14(2)24)11-19(25)22-17-7-3-15(4-8-17)12-20(26)27/h3-11H,12H2,1-2H3,(H,22,25)(H,23,28)(H,26,27)/b13-11-. The maximum absolute atomic E-state index is 12.2. The molecule has 0 aliphatic rings. The highest BCUT2D eigenvalue weighted by molar-refractivity contribution is 6.10. The summed E-state index contributed by atoms with van der Waals surface area (Å²) >= 11 is 0. The lowest BCUT2D eigenvalue weighted by atomic mass is 10.1. The third-order valence-electron chi connectivity index (χ3n) is 3.83. The zero-order valence-electron chi connectivity index (χ0n) is 15.5. The number of aliphatic carboxylic acids is 1. The molecule has 0 aliphatic carbocycles. The summed E-state index contributed by atoms with van der Waals surface area (Å²) in [6.45, 7) is 2.97. The van der Waals surface area contributed by atoms with Crippen LogP contribution < -0.4 is 10.6 Å². The second-order valence-electron chi connectivity index (χ2n) is 6.17. The van der Waals surface area contributed by atoms with Crippen molar-refractivity contribution in [2.75, 3.05) is 10.6 Å². The predicted octanol–water partition coefficient (Wildman–Crippen LogP) is 3.04. The summed E-state index contributed by atoms with van der Waals surface area (Å²) in [7, 11) is 0. The number of carbonyl (C=O) groups excluding carboxylic acids is 3. The monoisotopic (exact) mass is 380 g/mol. The third-order valence-corrected chi connectivity index (χ3v) is 3.83. The smallest absolute Gasteiger partial charge is 0.307 e. The van der Waals surface area contributed by atoms with E-state index in [4.69, 9.17) is 5.11 Å². The molecule has 2 aromatic carbocycles. The number of hydrogen-bond acceptors (Lipinski definition) is 4. The predicted molar refractivity (Wildman–Crippen MR) is 105 cm³/mol. The molecule has 7 heteroatoms. The summed E-state index contributed by atoms with van der Waals surface area (Å²) in [5, 5.41) is 14.0. The van der Waals surface area contributed by atoms with Crippen LogP contribution in [0.4, 0.5) is 11.4 Å². The van der Waals surface area contributed by atoms with Crippen LogP contribution in [0.5, 0.6) is 0 Å². The number of carboxylic acid groups (broad SMARTS) is 1. The number of Topliss-reactive ketones (excluding diaryl/α,β-unsaturated/α-hetero) is 1. The molecule has 0 fully saturated rings. The van der Waals surface area contributed by atoms with E-state index in [9.17, 15) is 19.2 Å². The lowest BCUT2D eigenvalue weighted by molar-refractivity contribution is -0.136. The molecule has 7 nitrogen and oxygen atoms in total. The van der Waals surface area contributed by atoms with E-state index in [2.05, 4.69) is 10.6 Å². The zero-order chi connectivity index (χ0) is 20.7. The van der Waals surface area contributed by atoms with Crippen LogP contribution in [0, 0.1) is 0 Å². The van der Waals surface area contributed by atoms with E-state index in [0.717, 1.165) is 0 Å². The van der Waals surface area contributed by atoms with Crippen LogP contribution in [0.2, 0.25) is 0 Å². The van der Waals surface area contributed by atoms with Crippen molar-refractivity contribution >= 4 is 34.9 Å². The van der Waals surface area contributed by atoms with Gasteiger partial charge in [0.2, 0.25) is 5.91 Å². The van der Waals surface area contributed by atoms with Gasteiger partial charge in [0, 0.05) is 28.6 Å². The summed E-state index contributed by atoms with van der Waals surface area (Å²) in [6.07, 6.45) is 1.07. The van der Waals surface area contributed by atoms with Gasteiger partial charge in [0.1, 0.15) is 0 Å². The number of benzene rings is 2. The summed E-state index contributed by atoms with van der Waals surface area (Å²) in [6, 6.07) is 12.8. The Morgan fingerprint density at radius 3 is 1.93 bits per heavy atom. The molecule has 0 unspecified atom stereocenters. The SMILES string of the molecule is CC(=O)c1ccc(NC(=O)/C(C)=C\C(=O)Nc2ccc(CC(=O)O)cc2)cc1. The van der Waals surface area contributed by atoms with Crippen LogP contribution in [-0.4, -0.2) is 28.7 Å². The van der Waals surface area contributed by atoms with Crippen LogP contribution >= 0.6 is 0 Å². The zero-order valence-corrected chi connectivity index (χ0v) is 15.5. The molecule has 28 heavy (non-hydrogen) atoms. The molecule has 2 amide bonds. The molecule has 0 saturated heterocycles. The minimum absolute atomic E-state index is 0.0679. The average Bonchev–Trinajstić information content (AvgIpc) is 2.63. The van der Waals surface area contributed by atoms with Gasteiger partial charge < -0.3 is 15.7 Å². The highest BCUT2D eigenvalue weighted by Gasteiger charge is 2.09. The van der Waals surface area contributed by atoms with Crippen molar-refractivity contribution in [2.45, 2.75) is 20.3 Å². The summed E-state index contributed by atoms with van der Waals surface area (Å²) < 4.78 is 0. The van der Waals surface area contributed by atoms with Gasteiger partial charge in [-0.25, -0.2) is 0 Å². The second-order valence-corrected chi connectivity index (χ2v) is 6.17. The molecule has 2 rings (SSSR count). The summed E-state index contributed by atoms with van der Waals surface area (Å²) in [5.41, 5.74) is 2.36. The fraction of sp³-hybridized carbons (Fsp3) is 0.143. The van der Waals surface area contributed by atoms with Crippen molar-refractivity contribution in [3.8, 4) is 0 Å². The number of amides is 2. The Labute approximate surface area is 162 Å². The first-order chi connectivity index (χ1) is 13.2. The van der Waals surface area contributed by atoms with Gasteiger partial charge in [0.05, 0.1) is 6.42 Å². The van der Waals surface area contributed by atoms with E-state index in [-0.39, 0.29) is 17.8 Å². The largest absolute Gasteiger partial charge is 0.481 e. The molecule has 0 heterocycles. The van der Waals surface area contributed by atoms with Crippen LogP contribution in [0.3, 0.4) is 0 Å². The van der Waals surface area contributed by atoms with Gasteiger partial charge in [0.25, 0.3) is 5.91 Å². The highest BCUT2D eigenvalue weighted by atomic mass is 16.4. The Hall–Kier alpha value is -3.74.